The highest BCUT2D eigenvalue weighted by Crippen LogP contribution is 2.24. The standard InChI is InChI=1S/C24H24N4O3/c1-16-5-10-20-21(14-16)24(31)28(23(20)30)12-3-4-22(29)26-19-8-6-18(7-9-19)15-27-13-11-25-17(27)2/h5-11,13-14H,3-4,12,15H2,1-2H3,(H,26,29). The minimum Gasteiger partial charge on any atom is -0.331 e. The highest BCUT2D eigenvalue weighted by molar-refractivity contribution is 6.21. The first-order chi connectivity index (χ1) is 14.9. The van der Waals surface area contributed by atoms with Crippen LogP contribution in [0, 0.1) is 13.8 Å². The molecule has 0 spiro atoms. The molecule has 0 unspecified atom stereocenters. The van der Waals surface area contributed by atoms with Crippen LogP contribution in [0.3, 0.4) is 0 Å². The summed E-state index contributed by atoms with van der Waals surface area (Å²) >= 11 is 0. The molecule has 7 nitrogen and oxygen atoms in total. The highest BCUT2D eigenvalue weighted by Gasteiger charge is 2.34. The maximum atomic E-state index is 12.5. The molecule has 0 saturated carbocycles. The van der Waals surface area contributed by atoms with Crippen LogP contribution in [0.2, 0.25) is 0 Å². The van der Waals surface area contributed by atoms with Crippen molar-refractivity contribution in [2.24, 2.45) is 0 Å². The molecule has 1 aliphatic rings. The van der Waals surface area contributed by atoms with Gasteiger partial charge in [0.15, 0.2) is 0 Å². The fourth-order valence-corrected chi connectivity index (χ4v) is 3.69. The SMILES string of the molecule is Cc1ccc2c(c1)C(=O)N(CCCC(=O)Nc1ccc(Cn3ccnc3C)cc1)C2=O. The number of nitrogens with zero attached hydrogens (tertiary/aromatic N) is 3. The largest absolute Gasteiger partial charge is 0.331 e. The average molecular weight is 416 g/mol. The number of nitrogens with one attached hydrogen (secondary N) is 1. The molecule has 1 N–H and O–H groups in total. The van der Waals surface area contributed by atoms with Crippen molar-refractivity contribution in [3.63, 3.8) is 0 Å². The van der Waals surface area contributed by atoms with E-state index in [4.69, 9.17) is 0 Å². The van der Waals surface area contributed by atoms with Gasteiger partial charge in [0.2, 0.25) is 5.91 Å². The van der Waals surface area contributed by atoms with Crippen molar-refractivity contribution in [3.05, 3.63) is 82.9 Å². The first-order valence-corrected chi connectivity index (χ1v) is 10.3. The maximum absolute atomic E-state index is 12.5. The number of anilines is 1. The Hall–Kier alpha value is -3.74. The number of rotatable bonds is 7. The Morgan fingerprint density at radius 1 is 1.00 bits per heavy atom. The third kappa shape index (κ3) is 4.40. The predicted molar refractivity (Wildman–Crippen MR) is 117 cm³/mol. The van der Waals surface area contributed by atoms with Crippen LogP contribution in [0.1, 0.15) is 50.5 Å². The van der Waals surface area contributed by atoms with E-state index >= 15 is 0 Å². The first kappa shape index (κ1) is 20.5. The Morgan fingerprint density at radius 3 is 2.45 bits per heavy atom. The van der Waals surface area contributed by atoms with E-state index in [-0.39, 0.29) is 30.7 Å². The second kappa shape index (κ2) is 8.55. The van der Waals surface area contributed by atoms with E-state index in [0.717, 1.165) is 23.5 Å². The molecule has 2 aromatic carbocycles. The number of fused-ring (bicyclic) bond motifs is 1. The molecular formula is C24H24N4O3. The summed E-state index contributed by atoms with van der Waals surface area (Å²) in [5.74, 6) is 0.230. The van der Waals surface area contributed by atoms with Crippen LogP contribution in [0.4, 0.5) is 5.69 Å². The first-order valence-electron chi connectivity index (χ1n) is 10.3. The van der Waals surface area contributed by atoms with Crippen molar-refractivity contribution in [1.82, 2.24) is 14.5 Å². The van der Waals surface area contributed by atoms with E-state index in [1.54, 1.807) is 18.3 Å². The summed E-state index contributed by atoms with van der Waals surface area (Å²) in [4.78, 5) is 42.7. The quantitative estimate of drug-likeness (QED) is 0.597. The van der Waals surface area contributed by atoms with Crippen molar-refractivity contribution in [2.45, 2.75) is 33.2 Å². The number of aryl methyl sites for hydroxylation is 2. The fraction of sp³-hybridized carbons (Fsp3) is 0.250. The molecule has 0 aliphatic carbocycles. The molecule has 1 aromatic heterocycles. The van der Waals surface area contributed by atoms with Crippen LogP contribution in [0.25, 0.3) is 0 Å². The zero-order chi connectivity index (χ0) is 22.0. The molecule has 1 aliphatic heterocycles. The van der Waals surface area contributed by atoms with Crippen LogP contribution < -0.4 is 5.32 Å². The monoisotopic (exact) mass is 416 g/mol. The number of carbonyl (C=O) groups excluding carboxylic acids is 3. The van der Waals surface area contributed by atoms with E-state index in [2.05, 4.69) is 10.3 Å². The Balaban J connectivity index is 1.27. The zero-order valence-electron chi connectivity index (χ0n) is 17.6. The van der Waals surface area contributed by atoms with E-state index in [1.807, 2.05) is 54.9 Å². The number of benzene rings is 2. The van der Waals surface area contributed by atoms with Gasteiger partial charge in [-0.15, -0.1) is 0 Å². The Labute approximate surface area is 180 Å². The van der Waals surface area contributed by atoms with Crippen LogP contribution in [-0.2, 0) is 11.3 Å². The number of imide groups is 1. The van der Waals surface area contributed by atoms with Gasteiger partial charge in [0.25, 0.3) is 11.8 Å². The second-order valence-electron chi connectivity index (χ2n) is 7.76. The van der Waals surface area contributed by atoms with Gasteiger partial charge in [-0.25, -0.2) is 4.98 Å². The molecule has 0 atom stereocenters. The lowest BCUT2D eigenvalue weighted by molar-refractivity contribution is -0.116. The Bertz CT molecular complexity index is 1150. The molecule has 0 bridgehead atoms. The van der Waals surface area contributed by atoms with Crippen molar-refractivity contribution >= 4 is 23.4 Å². The lowest BCUT2D eigenvalue weighted by Crippen LogP contribution is -2.31. The summed E-state index contributed by atoms with van der Waals surface area (Å²) < 4.78 is 2.05. The number of carbonyl (C=O) groups is 3. The number of hydrogen-bond acceptors (Lipinski definition) is 4. The van der Waals surface area contributed by atoms with Gasteiger partial charge in [0.05, 0.1) is 11.1 Å². The lowest BCUT2D eigenvalue weighted by atomic mass is 10.1. The fourth-order valence-electron chi connectivity index (χ4n) is 3.69. The van der Waals surface area contributed by atoms with Gasteiger partial charge in [-0.05, 0) is 50.1 Å². The molecule has 0 radical (unpaired) electrons. The van der Waals surface area contributed by atoms with Crippen molar-refractivity contribution in [1.29, 1.82) is 0 Å². The summed E-state index contributed by atoms with van der Waals surface area (Å²) in [7, 11) is 0. The second-order valence-corrected chi connectivity index (χ2v) is 7.76. The Morgan fingerprint density at radius 2 is 1.74 bits per heavy atom. The normalized spacial score (nSPS) is 12.9. The molecule has 2 heterocycles. The van der Waals surface area contributed by atoms with E-state index in [9.17, 15) is 14.4 Å². The molecule has 7 heteroatoms. The van der Waals surface area contributed by atoms with Gasteiger partial charge >= 0.3 is 0 Å². The Kier molecular flexibility index (Phi) is 5.66. The maximum Gasteiger partial charge on any atom is 0.261 e. The predicted octanol–water partition coefficient (Wildman–Crippen LogP) is 3.56. The van der Waals surface area contributed by atoms with Crippen LogP contribution in [0.15, 0.2) is 54.9 Å². The van der Waals surface area contributed by atoms with E-state index in [0.29, 0.717) is 23.2 Å². The molecular weight excluding hydrogens is 392 g/mol. The molecule has 4 rings (SSSR count). The van der Waals surface area contributed by atoms with Gasteiger partial charge in [-0.1, -0.05) is 23.8 Å². The topological polar surface area (TPSA) is 84.3 Å². The summed E-state index contributed by atoms with van der Waals surface area (Å²) in [6, 6.07) is 12.9. The van der Waals surface area contributed by atoms with E-state index in [1.165, 1.54) is 4.90 Å². The average Bonchev–Trinajstić information content (AvgIpc) is 3.25. The van der Waals surface area contributed by atoms with Gasteiger partial charge in [0.1, 0.15) is 5.82 Å². The molecule has 0 fully saturated rings. The highest BCUT2D eigenvalue weighted by atomic mass is 16.2. The number of aromatic nitrogens is 2. The minimum absolute atomic E-state index is 0.148. The van der Waals surface area contributed by atoms with Gasteiger partial charge in [-0.3, -0.25) is 19.3 Å². The van der Waals surface area contributed by atoms with Crippen molar-refractivity contribution < 1.29 is 14.4 Å². The van der Waals surface area contributed by atoms with Crippen molar-refractivity contribution in [2.75, 3.05) is 11.9 Å². The minimum atomic E-state index is -0.288. The van der Waals surface area contributed by atoms with Gasteiger partial charge in [0, 0.05) is 37.6 Å². The molecule has 31 heavy (non-hydrogen) atoms. The van der Waals surface area contributed by atoms with Crippen molar-refractivity contribution in [3.8, 4) is 0 Å². The third-order valence-electron chi connectivity index (χ3n) is 5.43. The molecule has 3 amide bonds. The van der Waals surface area contributed by atoms with Gasteiger partial charge < -0.3 is 9.88 Å². The molecule has 158 valence electrons. The summed E-state index contributed by atoms with van der Waals surface area (Å²) in [5, 5.41) is 2.87. The summed E-state index contributed by atoms with van der Waals surface area (Å²) in [5.41, 5.74) is 3.64. The van der Waals surface area contributed by atoms with E-state index < -0.39 is 0 Å². The van der Waals surface area contributed by atoms with Crippen LogP contribution in [-0.4, -0.2) is 38.7 Å². The smallest absolute Gasteiger partial charge is 0.261 e. The number of amides is 3. The van der Waals surface area contributed by atoms with Crippen LogP contribution in [0.5, 0.6) is 0 Å². The van der Waals surface area contributed by atoms with Crippen LogP contribution >= 0.6 is 0 Å². The number of hydrogen-bond donors (Lipinski definition) is 1. The summed E-state index contributed by atoms with van der Waals surface area (Å²) in [6.45, 7) is 4.79. The molecule has 3 aromatic rings. The lowest BCUT2D eigenvalue weighted by Gasteiger charge is -2.13. The zero-order valence-corrected chi connectivity index (χ0v) is 17.6. The third-order valence-corrected chi connectivity index (χ3v) is 5.43. The number of imidazole rings is 1. The molecule has 0 saturated heterocycles. The van der Waals surface area contributed by atoms with Gasteiger partial charge in [-0.2, -0.15) is 0 Å². The summed E-state index contributed by atoms with van der Waals surface area (Å²) in [6.07, 6.45) is 4.34.